The van der Waals surface area contributed by atoms with Crippen LogP contribution in [0.15, 0.2) is 47.4 Å². The average molecular weight is 324 g/mol. The van der Waals surface area contributed by atoms with Gasteiger partial charge in [-0.25, -0.2) is 4.39 Å². The monoisotopic (exact) mass is 323 g/mol. The summed E-state index contributed by atoms with van der Waals surface area (Å²) in [6, 6.07) is 12.2. The highest BCUT2D eigenvalue weighted by Crippen LogP contribution is 2.21. The second kappa shape index (κ2) is 7.48. The number of hydrogen-bond acceptors (Lipinski definition) is 2. The highest BCUT2D eigenvalue weighted by atomic mass is 35.5. The molecule has 2 nitrogen and oxygen atoms in total. The van der Waals surface area contributed by atoms with Crippen LogP contribution in [0.4, 0.5) is 10.1 Å². The molecule has 21 heavy (non-hydrogen) atoms. The Labute approximate surface area is 132 Å². The third-order valence-electron chi connectivity index (χ3n) is 2.81. The molecule has 0 radical (unpaired) electrons. The van der Waals surface area contributed by atoms with Gasteiger partial charge in [-0.15, -0.1) is 11.8 Å². The molecule has 0 aliphatic rings. The number of thioether (sulfide) groups is 1. The van der Waals surface area contributed by atoms with Gasteiger partial charge in [-0.05, 0) is 48.9 Å². The van der Waals surface area contributed by atoms with Gasteiger partial charge < -0.3 is 5.32 Å². The molecule has 0 aromatic heterocycles. The zero-order valence-corrected chi connectivity index (χ0v) is 13.1. The first kappa shape index (κ1) is 15.9. The van der Waals surface area contributed by atoms with Gasteiger partial charge in [0.2, 0.25) is 5.91 Å². The van der Waals surface area contributed by atoms with Crippen molar-refractivity contribution in [3.63, 3.8) is 0 Å². The quantitative estimate of drug-likeness (QED) is 0.792. The number of amides is 1. The minimum Gasteiger partial charge on any atom is -0.324 e. The first-order valence-electron chi connectivity index (χ1n) is 6.49. The molecule has 1 N–H and O–H groups in total. The lowest BCUT2D eigenvalue weighted by atomic mass is 10.2. The molecule has 5 heteroatoms. The zero-order chi connectivity index (χ0) is 15.2. The number of carbonyl (C=O) groups excluding carboxylic acids is 1. The van der Waals surface area contributed by atoms with Gasteiger partial charge in [0.05, 0.1) is 5.69 Å². The minimum atomic E-state index is -0.409. The molecule has 2 aromatic carbocycles. The van der Waals surface area contributed by atoms with Gasteiger partial charge in [-0.1, -0.05) is 17.7 Å². The Morgan fingerprint density at radius 3 is 2.62 bits per heavy atom. The van der Waals surface area contributed by atoms with Gasteiger partial charge in [0.15, 0.2) is 0 Å². The van der Waals surface area contributed by atoms with E-state index in [4.69, 9.17) is 11.6 Å². The van der Waals surface area contributed by atoms with Crippen LogP contribution in [0.1, 0.15) is 12.0 Å². The number of carbonyl (C=O) groups is 1. The van der Waals surface area contributed by atoms with Crippen LogP contribution in [0.2, 0.25) is 5.02 Å². The van der Waals surface area contributed by atoms with Crippen LogP contribution in [-0.4, -0.2) is 11.7 Å². The molecule has 1 amide bonds. The maximum atomic E-state index is 13.6. The molecule has 2 rings (SSSR count). The van der Waals surface area contributed by atoms with Crippen molar-refractivity contribution in [1.29, 1.82) is 0 Å². The number of anilines is 1. The van der Waals surface area contributed by atoms with Crippen molar-refractivity contribution in [3.8, 4) is 0 Å². The molecule has 0 saturated heterocycles. The van der Waals surface area contributed by atoms with Crippen LogP contribution in [0.3, 0.4) is 0 Å². The van der Waals surface area contributed by atoms with E-state index in [9.17, 15) is 9.18 Å². The Balaban J connectivity index is 1.81. The van der Waals surface area contributed by atoms with E-state index in [-0.39, 0.29) is 11.6 Å². The van der Waals surface area contributed by atoms with Crippen molar-refractivity contribution >= 4 is 35.0 Å². The first-order valence-corrected chi connectivity index (χ1v) is 7.85. The number of benzene rings is 2. The molecular weight excluding hydrogens is 309 g/mol. The second-order valence-electron chi connectivity index (χ2n) is 4.58. The summed E-state index contributed by atoms with van der Waals surface area (Å²) in [6.45, 7) is 1.80. The van der Waals surface area contributed by atoms with E-state index in [1.807, 2.05) is 24.3 Å². The van der Waals surface area contributed by atoms with E-state index in [0.717, 1.165) is 10.5 Å². The van der Waals surface area contributed by atoms with Crippen molar-refractivity contribution in [2.75, 3.05) is 11.1 Å². The van der Waals surface area contributed by atoms with Gasteiger partial charge in [-0.2, -0.15) is 0 Å². The molecule has 0 aliphatic carbocycles. The fourth-order valence-electron chi connectivity index (χ4n) is 1.73. The van der Waals surface area contributed by atoms with E-state index < -0.39 is 5.82 Å². The van der Waals surface area contributed by atoms with Gasteiger partial charge in [-0.3, -0.25) is 4.79 Å². The molecule has 0 unspecified atom stereocenters. The smallest absolute Gasteiger partial charge is 0.225 e. The molecule has 2 aromatic rings. The lowest BCUT2D eigenvalue weighted by Crippen LogP contribution is -2.13. The Kier molecular flexibility index (Phi) is 5.65. The Bertz CT molecular complexity index is 631. The van der Waals surface area contributed by atoms with E-state index in [1.54, 1.807) is 30.8 Å². The highest BCUT2D eigenvalue weighted by molar-refractivity contribution is 7.99. The molecule has 0 heterocycles. The van der Waals surface area contributed by atoms with E-state index in [0.29, 0.717) is 17.2 Å². The van der Waals surface area contributed by atoms with Gasteiger partial charge in [0.1, 0.15) is 5.82 Å². The van der Waals surface area contributed by atoms with Crippen LogP contribution >= 0.6 is 23.4 Å². The topological polar surface area (TPSA) is 29.1 Å². The van der Waals surface area contributed by atoms with Crippen LogP contribution in [0.25, 0.3) is 0 Å². The molecule has 0 fully saturated rings. The standard InChI is InChI=1S/C16H15ClFNOS/c1-11-2-7-15(14(18)10-11)19-16(20)8-9-21-13-5-3-12(17)4-6-13/h2-7,10H,8-9H2,1H3,(H,19,20). The summed E-state index contributed by atoms with van der Waals surface area (Å²) in [7, 11) is 0. The van der Waals surface area contributed by atoms with E-state index >= 15 is 0 Å². The summed E-state index contributed by atoms with van der Waals surface area (Å²) in [5.41, 5.74) is 1.05. The largest absolute Gasteiger partial charge is 0.324 e. The summed E-state index contributed by atoms with van der Waals surface area (Å²) < 4.78 is 13.6. The maximum absolute atomic E-state index is 13.6. The SMILES string of the molecule is Cc1ccc(NC(=O)CCSc2ccc(Cl)cc2)c(F)c1. The summed E-state index contributed by atoms with van der Waals surface area (Å²) in [6.07, 6.45) is 0.320. The predicted octanol–water partition coefficient (Wildman–Crippen LogP) is 4.91. The molecule has 110 valence electrons. The Morgan fingerprint density at radius 2 is 1.95 bits per heavy atom. The first-order chi connectivity index (χ1) is 10.0. The maximum Gasteiger partial charge on any atom is 0.225 e. The summed E-state index contributed by atoms with van der Waals surface area (Å²) in [4.78, 5) is 12.8. The van der Waals surface area contributed by atoms with Gasteiger partial charge in [0.25, 0.3) is 0 Å². The lowest BCUT2D eigenvalue weighted by Gasteiger charge is -2.07. The fraction of sp³-hybridized carbons (Fsp3) is 0.188. The fourth-order valence-corrected chi connectivity index (χ4v) is 2.70. The summed E-state index contributed by atoms with van der Waals surface area (Å²) in [5, 5.41) is 3.27. The molecule has 0 aliphatic heterocycles. The molecule has 0 bridgehead atoms. The van der Waals surface area contributed by atoms with Crippen LogP contribution in [-0.2, 0) is 4.79 Å². The normalized spacial score (nSPS) is 10.4. The van der Waals surface area contributed by atoms with Gasteiger partial charge in [0, 0.05) is 22.1 Å². The van der Waals surface area contributed by atoms with Crippen LogP contribution in [0.5, 0.6) is 0 Å². The summed E-state index contributed by atoms with van der Waals surface area (Å²) >= 11 is 7.36. The molecule has 0 saturated carbocycles. The molecule has 0 atom stereocenters. The number of aryl methyl sites for hydroxylation is 1. The van der Waals surface area contributed by atoms with Crippen molar-refractivity contribution < 1.29 is 9.18 Å². The van der Waals surface area contributed by atoms with E-state index in [1.165, 1.54) is 6.07 Å². The third kappa shape index (κ3) is 5.06. The average Bonchev–Trinajstić information content (AvgIpc) is 2.44. The van der Waals surface area contributed by atoms with Crippen molar-refractivity contribution in [3.05, 3.63) is 58.9 Å². The molecule has 0 spiro atoms. The van der Waals surface area contributed by atoms with Crippen molar-refractivity contribution in [2.24, 2.45) is 0 Å². The van der Waals surface area contributed by atoms with Crippen LogP contribution in [0, 0.1) is 12.7 Å². The summed E-state index contributed by atoms with van der Waals surface area (Å²) in [5.74, 6) is 0.0222. The van der Waals surface area contributed by atoms with Crippen molar-refractivity contribution in [2.45, 2.75) is 18.2 Å². The van der Waals surface area contributed by atoms with E-state index in [2.05, 4.69) is 5.32 Å². The lowest BCUT2D eigenvalue weighted by molar-refractivity contribution is -0.115. The van der Waals surface area contributed by atoms with Crippen LogP contribution < -0.4 is 5.32 Å². The highest BCUT2D eigenvalue weighted by Gasteiger charge is 2.07. The zero-order valence-electron chi connectivity index (χ0n) is 11.5. The Hall–Kier alpha value is -1.52. The minimum absolute atomic E-state index is 0.195. The second-order valence-corrected chi connectivity index (χ2v) is 6.19. The number of rotatable bonds is 5. The predicted molar refractivity (Wildman–Crippen MR) is 86.6 cm³/mol. The Morgan fingerprint density at radius 1 is 1.24 bits per heavy atom. The number of halogens is 2. The molecular formula is C16H15ClFNOS. The number of nitrogens with one attached hydrogen (secondary N) is 1. The number of hydrogen-bond donors (Lipinski definition) is 1. The van der Waals surface area contributed by atoms with Crippen molar-refractivity contribution in [1.82, 2.24) is 0 Å². The van der Waals surface area contributed by atoms with Gasteiger partial charge >= 0.3 is 0 Å². The third-order valence-corrected chi connectivity index (χ3v) is 4.08.